The summed E-state index contributed by atoms with van der Waals surface area (Å²) in [5, 5.41) is 0. The molecule has 1 rings (SSSR count). The second-order valence-electron chi connectivity index (χ2n) is 8.43. The van der Waals surface area contributed by atoms with E-state index in [1.54, 1.807) is 0 Å². The van der Waals surface area contributed by atoms with E-state index in [1.165, 1.54) is 25.7 Å². The highest BCUT2D eigenvalue weighted by Gasteiger charge is 2.40. The van der Waals surface area contributed by atoms with E-state index < -0.39 is 7.94 Å². The van der Waals surface area contributed by atoms with Crippen molar-refractivity contribution >= 4 is 7.94 Å². The van der Waals surface area contributed by atoms with Crippen LogP contribution in [-0.4, -0.2) is 18.1 Å². The molecule has 0 heterocycles. The third-order valence-electron chi connectivity index (χ3n) is 4.66. The molecule has 0 aliphatic rings. The first-order chi connectivity index (χ1) is 12.9. The maximum Gasteiger partial charge on any atom is 0.413 e. The minimum Gasteiger partial charge on any atom is -0.192 e. The van der Waals surface area contributed by atoms with Gasteiger partial charge in [-0.3, -0.25) is 0 Å². The van der Waals surface area contributed by atoms with Gasteiger partial charge in [-0.15, -0.1) is 0 Å². The van der Waals surface area contributed by atoms with Crippen molar-refractivity contribution in [1.29, 1.82) is 0 Å². The smallest absolute Gasteiger partial charge is 0.192 e. The van der Waals surface area contributed by atoms with Crippen LogP contribution in [0.5, 0.6) is 0 Å². The van der Waals surface area contributed by atoms with Crippen molar-refractivity contribution in [1.82, 2.24) is 0 Å². The summed E-state index contributed by atoms with van der Waals surface area (Å²) in [5.74, 6) is 1.51. The Hall–Kier alpha value is -0.470. The summed E-state index contributed by atoms with van der Waals surface area (Å²) < 4.78 is 11.9. The highest BCUT2D eigenvalue weighted by atomic mass is 31.2. The van der Waals surface area contributed by atoms with Gasteiger partial charge in [-0.25, -0.2) is 0 Å². The minimum atomic E-state index is -2.83. The standard InChI is InChI=1S/C23H42O3P/c1-21(2)14-8-6-12-18-25-27(24,20-23-16-10-5-11-17-23)26-19-13-7-9-15-22(3)4/h5,10-11,16-17,21-22,24H,6-9,12-15,18-20H2,1-4H3/q+1. The quantitative estimate of drug-likeness (QED) is 0.233. The molecule has 0 aliphatic heterocycles. The van der Waals surface area contributed by atoms with Gasteiger partial charge in [0.05, 0.1) is 13.2 Å². The second-order valence-corrected chi connectivity index (χ2v) is 10.5. The molecule has 4 heteroatoms. The van der Waals surface area contributed by atoms with Gasteiger partial charge in [0.1, 0.15) is 0 Å². The van der Waals surface area contributed by atoms with Crippen molar-refractivity contribution in [3.05, 3.63) is 35.9 Å². The summed E-state index contributed by atoms with van der Waals surface area (Å²) in [6.45, 7) is 10.2. The molecule has 0 atom stereocenters. The lowest BCUT2D eigenvalue weighted by atomic mass is 10.1. The van der Waals surface area contributed by atoms with Crippen LogP contribution in [-0.2, 0) is 15.2 Å². The van der Waals surface area contributed by atoms with Crippen molar-refractivity contribution in [2.24, 2.45) is 11.8 Å². The molecule has 0 unspecified atom stereocenters. The average Bonchev–Trinajstić information content (AvgIpc) is 2.61. The van der Waals surface area contributed by atoms with Gasteiger partial charge in [0, 0.05) is 0 Å². The molecule has 0 saturated carbocycles. The van der Waals surface area contributed by atoms with E-state index in [2.05, 4.69) is 27.7 Å². The highest BCUT2D eigenvalue weighted by Crippen LogP contribution is 2.60. The van der Waals surface area contributed by atoms with Crippen LogP contribution in [0.2, 0.25) is 0 Å². The van der Waals surface area contributed by atoms with E-state index in [0.717, 1.165) is 43.1 Å². The zero-order valence-electron chi connectivity index (χ0n) is 18.0. The van der Waals surface area contributed by atoms with E-state index in [4.69, 9.17) is 9.05 Å². The Morgan fingerprint density at radius 2 is 1.22 bits per heavy atom. The lowest BCUT2D eigenvalue weighted by molar-refractivity contribution is 0.168. The average molecular weight is 398 g/mol. The number of rotatable bonds is 16. The van der Waals surface area contributed by atoms with Crippen LogP contribution in [0, 0.1) is 11.8 Å². The molecule has 0 aliphatic carbocycles. The molecule has 1 aromatic carbocycles. The van der Waals surface area contributed by atoms with Gasteiger partial charge >= 0.3 is 7.94 Å². The first-order valence-corrected chi connectivity index (χ1v) is 12.6. The Balaban J connectivity index is 2.38. The van der Waals surface area contributed by atoms with Crippen LogP contribution in [0.4, 0.5) is 0 Å². The third-order valence-corrected chi connectivity index (χ3v) is 6.60. The molecule has 0 bridgehead atoms. The third kappa shape index (κ3) is 13.4. The van der Waals surface area contributed by atoms with E-state index in [-0.39, 0.29) is 0 Å². The van der Waals surface area contributed by atoms with Crippen molar-refractivity contribution in [2.45, 2.75) is 85.2 Å². The van der Waals surface area contributed by atoms with Crippen LogP contribution in [0.15, 0.2) is 30.3 Å². The van der Waals surface area contributed by atoms with Crippen molar-refractivity contribution < 1.29 is 13.9 Å². The van der Waals surface area contributed by atoms with Crippen molar-refractivity contribution in [3.8, 4) is 0 Å². The van der Waals surface area contributed by atoms with Crippen molar-refractivity contribution in [3.63, 3.8) is 0 Å². The molecule has 27 heavy (non-hydrogen) atoms. The maximum absolute atomic E-state index is 11.0. The molecule has 0 radical (unpaired) electrons. The van der Waals surface area contributed by atoms with Crippen LogP contribution in [0.25, 0.3) is 0 Å². The monoisotopic (exact) mass is 397 g/mol. The number of benzene rings is 1. The second kappa shape index (κ2) is 14.5. The summed E-state index contributed by atoms with van der Waals surface area (Å²) in [5.41, 5.74) is 1.08. The summed E-state index contributed by atoms with van der Waals surface area (Å²) in [6.07, 6.45) is 9.74. The van der Waals surface area contributed by atoms with Crippen molar-refractivity contribution in [2.75, 3.05) is 13.2 Å². The predicted molar refractivity (Wildman–Crippen MR) is 118 cm³/mol. The zero-order valence-corrected chi connectivity index (χ0v) is 18.9. The SMILES string of the molecule is CC(C)CCCCCO[P+](O)(Cc1ccccc1)OCCCCCC(C)C. The van der Waals surface area contributed by atoms with Gasteiger partial charge in [-0.05, 0) is 30.2 Å². The molecule has 0 amide bonds. The number of unbranched alkanes of at least 4 members (excludes halogenated alkanes) is 4. The summed E-state index contributed by atoms with van der Waals surface area (Å²) in [6, 6.07) is 10.0. The molecular formula is C23H42O3P+. The normalized spacial score (nSPS) is 12.3. The summed E-state index contributed by atoms with van der Waals surface area (Å²) in [7, 11) is -2.83. The molecule has 1 N–H and O–H groups in total. The van der Waals surface area contributed by atoms with E-state index in [1.807, 2.05) is 30.3 Å². The number of hydrogen-bond acceptors (Lipinski definition) is 3. The summed E-state index contributed by atoms with van der Waals surface area (Å²) in [4.78, 5) is 11.0. The van der Waals surface area contributed by atoms with Crippen LogP contribution >= 0.6 is 7.94 Å². The first kappa shape index (κ1) is 24.6. The molecule has 0 saturated heterocycles. The Kier molecular flexibility index (Phi) is 13.2. The summed E-state index contributed by atoms with van der Waals surface area (Å²) >= 11 is 0. The Bertz CT molecular complexity index is 442. The largest absolute Gasteiger partial charge is 0.413 e. The predicted octanol–water partition coefficient (Wildman–Crippen LogP) is 7.41. The Morgan fingerprint density at radius 1 is 0.741 bits per heavy atom. The topological polar surface area (TPSA) is 38.7 Å². The van der Waals surface area contributed by atoms with Gasteiger partial charge in [-0.1, -0.05) is 96.6 Å². The molecule has 156 valence electrons. The van der Waals surface area contributed by atoms with Gasteiger partial charge in [0.15, 0.2) is 6.16 Å². The zero-order chi connectivity index (χ0) is 20.0. The molecule has 0 aromatic heterocycles. The van der Waals surface area contributed by atoms with Crippen LogP contribution in [0.3, 0.4) is 0 Å². The van der Waals surface area contributed by atoms with Crippen LogP contribution in [0.1, 0.15) is 84.6 Å². The van der Waals surface area contributed by atoms with E-state index >= 15 is 0 Å². The van der Waals surface area contributed by atoms with E-state index in [9.17, 15) is 4.89 Å². The lowest BCUT2D eigenvalue weighted by Crippen LogP contribution is -2.08. The van der Waals surface area contributed by atoms with Gasteiger partial charge in [0.25, 0.3) is 0 Å². The molecule has 3 nitrogen and oxygen atoms in total. The van der Waals surface area contributed by atoms with Gasteiger partial charge < -0.3 is 0 Å². The lowest BCUT2D eigenvalue weighted by Gasteiger charge is -2.18. The molecular weight excluding hydrogens is 355 g/mol. The van der Waals surface area contributed by atoms with E-state index in [0.29, 0.717) is 19.4 Å². The minimum absolute atomic E-state index is 0.478. The molecule has 0 fully saturated rings. The fourth-order valence-electron chi connectivity index (χ4n) is 3.02. The Morgan fingerprint density at radius 3 is 1.67 bits per heavy atom. The molecule has 1 aromatic rings. The van der Waals surface area contributed by atoms with Crippen LogP contribution < -0.4 is 0 Å². The van der Waals surface area contributed by atoms with Gasteiger partial charge in [0.2, 0.25) is 0 Å². The highest BCUT2D eigenvalue weighted by molar-refractivity contribution is 7.59. The fraction of sp³-hybridized carbons (Fsp3) is 0.739. The number of hydrogen-bond donors (Lipinski definition) is 1. The fourth-order valence-corrected chi connectivity index (χ4v) is 4.78. The molecule has 0 spiro atoms. The Labute approximate surface area is 168 Å². The van der Waals surface area contributed by atoms with Gasteiger partial charge in [-0.2, -0.15) is 13.9 Å². The maximum atomic E-state index is 11.0. The first-order valence-electron chi connectivity index (χ1n) is 10.8.